The van der Waals surface area contributed by atoms with E-state index in [1.165, 1.54) is 5.56 Å². The number of ether oxygens (including phenoxy) is 1. The molecule has 1 heterocycles. The van der Waals surface area contributed by atoms with Crippen LogP contribution < -0.4 is 10.6 Å². The van der Waals surface area contributed by atoms with Gasteiger partial charge in [0.2, 0.25) is 0 Å². The van der Waals surface area contributed by atoms with Crippen molar-refractivity contribution in [3.63, 3.8) is 0 Å². The Hall–Kier alpha value is -3.61. The van der Waals surface area contributed by atoms with Crippen molar-refractivity contribution in [1.29, 1.82) is 0 Å². The lowest BCUT2D eigenvalue weighted by Crippen LogP contribution is -2.48. The molecule has 3 amide bonds. The number of carbonyl (C=O) groups excluding carboxylic acids is 3. The molecule has 0 bridgehead atoms. The average Bonchev–Trinajstić information content (AvgIpc) is 2.82. The van der Waals surface area contributed by atoms with E-state index >= 15 is 0 Å². The summed E-state index contributed by atoms with van der Waals surface area (Å²) in [6.45, 7) is 8.32. The Kier molecular flexibility index (Phi) is 7.87. The number of carbonyl (C=O) groups is 3. The van der Waals surface area contributed by atoms with Crippen molar-refractivity contribution in [3.05, 3.63) is 76.5 Å². The lowest BCUT2D eigenvalue weighted by molar-refractivity contribution is -0.139. The highest BCUT2D eigenvalue weighted by molar-refractivity contribution is 6.04. The van der Waals surface area contributed by atoms with E-state index in [1.807, 2.05) is 19.1 Å². The van der Waals surface area contributed by atoms with E-state index in [9.17, 15) is 14.4 Å². The smallest absolute Gasteiger partial charge is 0.338 e. The Morgan fingerprint density at radius 2 is 1.70 bits per heavy atom. The molecule has 0 saturated heterocycles. The summed E-state index contributed by atoms with van der Waals surface area (Å²) >= 11 is 0. The molecule has 7 heteroatoms. The van der Waals surface area contributed by atoms with Crippen LogP contribution in [0.3, 0.4) is 0 Å². The molecule has 1 unspecified atom stereocenters. The van der Waals surface area contributed by atoms with Crippen LogP contribution in [-0.2, 0) is 16.0 Å². The lowest BCUT2D eigenvalue weighted by atomic mass is 9.94. The first-order valence-corrected chi connectivity index (χ1v) is 11.4. The minimum absolute atomic E-state index is 0.200. The van der Waals surface area contributed by atoms with Gasteiger partial charge in [-0.15, -0.1) is 0 Å². The summed E-state index contributed by atoms with van der Waals surface area (Å²) in [5.74, 6) is -0.649. The maximum Gasteiger partial charge on any atom is 0.338 e. The summed E-state index contributed by atoms with van der Waals surface area (Å²) in [7, 11) is 0. The van der Waals surface area contributed by atoms with E-state index < -0.39 is 12.0 Å². The van der Waals surface area contributed by atoms with Crippen molar-refractivity contribution in [1.82, 2.24) is 10.2 Å². The largest absolute Gasteiger partial charge is 0.463 e. The van der Waals surface area contributed by atoms with Crippen LogP contribution in [0.4, 0.5) is 10.5 Å². The zero-order chi connectivity index (χ0) is 24.0. The Labute approximate surface area is 194 Å². The standard InChI is InChI=1S/C26H31N3O4/c1-5-16-29-17(4)22(25(31)33-7-3)23(28-26(29)32)19-12-14-21(15-13-19)27-24(30)20-10-8-18(6-2)9-11-20/h8-15,23H,5-7,16H2,1-4H3,(H,27,30)(H,28,32). The van der Waals surface area contributed by atoms with E-state index in [1.54, 1.807) is 55.1 Å². The van der Waals surface area contributed by atoms with Crippen LogP contribution in [0.25, 0.3) is 0 Å². The van der Waals surface area contributed by atoms with Crippen LogP contribution in [0.2, 0.25) is 0 Å². The molecular weight excluding hydrogens is 418 g/mol. The highest BCUT2D eigenvalue weighted by atomic mass is 16.5. The minimum atomic E-state index is -0.629. The average molecular weight is 450 g/mol. The Bertz CT molecular complexity index is 1040. The minimum Gasteiger partial charge on any atom is -0.463 e. The summed E-state index contributed by atoms with van der Waals surface area (Å²) in [5.41, 5.74) is 4.11. The van der Waals surface area contributed by atoms with Crippen LogP contribution >= 0.6 is 0 Å². The summed E-state index contributed by atoms with van der Waals surface area (Å²) < 4.78 is 5.28. The van der Waals surface area contributed by atoms with Gasteiger partial charge in [-0.1, -0.05) is 38.1 Å². The predicted octanol–water partition coefficient (Wildman–Crippen LogP) is 4.81. The number of rotatable bonds is 8. The predicted molar refractivity (Wildman–Crippen MR) is 128 cm³/mol. The molecule has 1 atom stereocenters. The number of esters is 1. The molecule has 1 aliphatic rings. The fourth-order valence-electron chi connectivity index (χ4n) is 3.85. The SMILES string of the molecule is CCCN1C(=O)NC(c2ccc(NC(=O)c3ccc(CC)cc3)cc2)C(C(=O)OCC)=C1C. The topological polar surface area (TPSA) is 87.7 Å². The van der Waals surface area contributed by atoms with Gasteiger partial charge in [0.1, 0.15) is 0 Å². The third kappa shape index (κ3) is 5.42. The number of hydrogen-bond acceptors (Lipinski definition) is 4. The Morgan fingerprint density at radius 3 is 2.27 bits per heavy atom. The highest BCUT2D eigenvalue weighted by Gasteiger charge is 2.36. The summed E-state index contributed by atoms with van der Waals surface area (Å²) in [6, 6.07) is 13.7. The van der Waals surface area contributed by atoms with E-state index in [-0.39, 0.29) is 18.5 Å². The number of allylic oxidation sites excluding steroid dienone is 1. The van der Waals surface area contributed by atoms with Crippen molar-refractivity contribution in [2.45, 2.75) is 46.6 Å². The molecule has 2 aromatic carbocycles. The first kappa shape index (κ1) is 24.0. The maximum atomic E-state index is 12.7. The number of aryl methyl sites for hydroxylation is 1. The molecule has 7 nitrogen and oxygen atoms in total. The molecule has 33 heavy (non-hydrogen) atoms. The molecular formula is C26H31N3O4. The van der Waals surface area contributed by atoms with Crippen LogP contribution in [0, 0.1) is 0 Å². The Morgan fingerprint density at radius 1 is 1.03 bits per heavy atom. The molecule has 2 aromatic rings. The van der Waals surface area contributed by atoms with Crippen molar-refractivity contribution in [3.8, 4) is 0 Å². The van der Waals surface area contributed by atoms with Gasteiger partial charge in [0, 0.05) is 23.5 Å². The molecule has 0 fully saturated rings. The molecule has 0 aromatic heterocycles. The zero-order valence-electron chi connectivity index (χ0n) is 19.6. The van der Waals surface area contributed by atoms with Crippen molar-refractivity contribution in [2.24, 2.45) is 0 Å². The molecule has 3 rings (SSSR count). The number of nitrogens with zero attached hydrogens (tertiary/aromatic N) is 1. The van der Waals surface area contributed by atoms with E-state index in [0.29, 0.717) is 29.1 Å². The second-order valence-electron chi connectivity index (χ2n) is 7.88. The third-order valence-electron chi connectivity index (χ3n) is 5.67. The molecule has 174 valence electrons. The zero-order valence-corrected chi connectivity index (χ0v) is 19.6. The normalized spacial score (nSPS) is 15.8. The van der Waals surface area contributed by atoms with Crippen LogP contribution in [0.1, 0.15) is 61.6 Å². The van der Waals surface area contributed by atoms with Crippen molar-refractivity contribution < 1.29 is 19.1 Å². The lowest BCUT2D eigenvalue weighted by Gasteiger charge is -2.35. The highest BCUT2D eigenvalue weighted by Crippen LogP contribution is 2.32. The third-order valence-corrected chi connectivity index (χ3v) is 5.67. The van der Waals surface area contributed by atoms with E-state index in [0.717, 1.165) is 18.4 Å². The van der Waals surface area contributed by atoms with Gasteiger partial charge in [-0.3, -0.25) is 9.69 Å². The van der Waals surface area contributed by atoms with Gasteiger partial charge in [-0.05, 0) is 62.1 Å². The van der Waals surface area contributed by atoms with Gasteiger partial charge in [0.05, 0.1) is 18.2 Å². The first-order chi connectivity index (χ1) is 15.9. The van der Waals surface area contributed by atoms with Gasteiger partial charge < -0.3 is 15.4 Å². The quantitative estimate of drug-likeness (QED) is 0.566. The van der Waals surface area contributed by atoms with Gasteiger partial charge in [-0.2, -0.15) is 0 Å². The summed E-state index contributed by atoms with van der Waals surface area (Å²) in [4.78, 5) is 39.6. The first-order valence-electron chi connectivity index (χ1n) is 11.4. The summed E-state index contributed by atoms with van der Waals surface area (Å²) in [6.07, 6.45) is 1.68. The second-order valence-corrected chi connectivity index (χ2v) is 7.88. The monoisotopic (exact) mass is 449 g/mol. The number of hydrogen-bond donors (Lipinski definition) is 2. The molecule has 0 saturated carbocycles. The molecule has 0 spiro atoms. The number of nitrogens with one attached hydrogen (secondary N) is 2. The number of benzene rings is 2. The van der Waals surface area contributed by atoms with E-state index in [2.05, 4.69) is 17.6 Å². The molecule has 2 N–H and O–H groups in total. The molecule has 0 aliphatic carbocycles. The van der Waals surface area contributed by atoms with E-state index in [4.69, 9.17) is 4.74 Å². The van der Waals surface area contributed by atoms with Gasteiger partial charge in [0.15, 0.2) is 0 Å². The van der Waals surface area contributed by atoms with Gasteiger partial charge >= 0.3 is 12.0 Å². The van der Waals surface area contributed by atoms with Crippen molar-refractivity contribution >= 4 is 23.6 Å². The number of amides is 3. The van der Waals surface area contributed by atoms with Crippen LogP contribution in [-0.4, -0.2) is 36.0 Å². The number of urea groups is 1. The molecule has 1 aliphatic heterocycles. The summed E-state index contributed by atoms with van der Waals surface area (Å²) in [5, 5.41) is 5.81. The maximum absolute atomic E-state index is 12.7. The molecule has 0 radical (unpaired) electrons. The second kappa shape index (κ2) is 10.8. The Balaban J connectivity index is 1.83. The van der Waals surface area contributed by atoms with Gasteiger partial charge in [0.25, 0.3) is 5.91 Å². The van der Waals surface area contributed by atoms with Crippen molar-refractivity contribution in [2.75, 3.05) is 18.5 Å². The fourth-order valence-corrected chi connectivity index (χ4v) is 3.85. The fraction of sp³-hybridized carbons (Fsp3) is 0.346. The van der Waals surface area contributed by atoms with Crippen LogP contribution in [0.5, 0.6) is 0 Å². The number of anilines is 1. The van der Waals surface area contributed by atoms with Gasteiger partial charge in [-0.25, -0.2) is 9.59 Å². The van der Waals surface area contributed by atoms with Crippen LogP contribution in [0.15, 0.2) is 59.8 Å².